The molecular weight excluding hydrogens is 407 g/mol. The van der Waals surface area contributed by atoms with E-state index in [1.807, 2.05) is 0 Å². The fourth-order valence-corrected chi connectivity index (χ4v) is 3.43. The number of urea groups is 1. The quantitative estimate of drug-likeness (QED) is 0.626. The number of halogens is 1. The van der Waals surface area contributed by atoms with Crippen molar-refractivity contribution in [3.8, 4) is 12.3 Å². The first-order valence-corrected chi connectivity index (χ1v) is 9.82. The molecule has 1 unspecified atom stereocenters. The number of amides is 3. The van der Waals surface area contributed by atoms with Gasteiger partial charge in [0.05, 0.1) is 11.4 Å². The molecule has 1 aliphatic heterocycles. The second-order valence-electron chi connectivity index (χ2n) is 7.09. The van der Waals surface area contributed by atoms with E-state index in [0.29, 0.717) is 22.5 Å². The highest BCUT2D eigenvalue weighted by Crippen LogP contribution is 2.28. The molecule has 0 saturated carbocycles. The molecule has 6 nitrogen and oxygen atoms in total. The van der Waals surface area contributed by atoms with Crippen LogP contribution < -0.4 is 15.5 Å². The van der Waals surface area contributed by atoms with Crippen LogP contribution in [-0.4, -0.2) is 30.9 Å². The first-order chi connectivity index (χ1) is 15.5. The number of anilines is 2. The van der Waals surface area contributed by atoms with Crippen molar-refractivity contribution in [2.75, 3.05) is 17.3 Å². The van der Waals surface area contributed by atoms with Gasteiger partial charge in [-0.2, -0.15) is 0 Å². The Bertz CT molecular complexity index is 1260. The van der Waals surface area contributed by atoms with Gasteiger partial charge >= 0.3 is 6.03 Å². The van der Waals surface area contributed by atoms with Crippen molar-refractivity contribution in [1.82, 2.24) is 5.32 Å². The minimum Gasteiger partial charge on any atom is -0.311 e. The number of benzodiazepines with no additional fused rings is 1. The van der Waals surface area contributed by atoms with E-state index in [-0.39, 0.29) is 11.3 Å². The molecule has 7 heteroatoms. The summed E-state index contributed by atoms with van der Waals surface area (Å²) in [6.07, 6.45) is 4.09. The first-order valence-electron chi connectivity index (χ1n) is 9.82. The minimum atomic E-state index is -1.26. The minimum absolute atomic E-state index is 0.236. The third-order valence-corrected chi connectivity index (χ3v) is 5.05. The van der Waals surface area contributed by atoms with Gasteiger partial charge in [0.2, 0.25) is 6.17 Å². The Labute approximate surface area is 184 Å². The van der Waals surface area contributed by atoms with Crippen LogP contribution in [0.2, 0.25) is 0 Å². The number of nitrogens with zero attached hydrogens (tertiary/aromatic N) is 2. The number of hydrogen-bond acceptors (Lipinski definition) is 3. The molecule has 0 saturated heterocycles. The summed E-state index contributed by atoms with van der Waals surface area (Å²) in [6.45, 7) is 0. The van der Waals surface area contributed by atoms with Gasteiger partial charge in [-0.05, 0) is 42.5 Å². The number of fused-ring (bicyclic) bond motifs is 1. The van der Waals surface area contributed by atoms with E-state index in [1.165, 1.54) is 11.0 Å². The van der Waals surface area contributed by atoms with Gasteiger partial charge in [0, 0.05) is 29.4 Å². The molecule has 3 aromatic rings. The molecule has 0 aromatic heterocycles. The lowest BCUT2D eigenvalue weighted by Crippen LogP contribution is -2.47. The SMILES string of the molecule is C#Cc1ccc(NC(=O)NC2N=C(c3ccccc3F)c3ccccc3N(C)C2=O)cc1. The van der Waals surface area contributed by atoms with Crippen LogP contribution in [0.5, 0.6) is 0 Å². The normalized spacial score (nSPS) is 15.2. The van der Waals surface area contributed by atoms with Crippen molar-refractivity contribution in [1.29, 1.82) is 0 Å². The fraction of sp³-hybridized carbons (Fsp3) is 0.0800. The third kappa shape index (κ3) is 4.07. The van der Waals surface area contributed by atoms with Crippen molar-refractivity contribution in [2.45, 2.75) is 6.17 Å². The van der Waals surface area contributed by atoms with Gasteiger partial charge in [-0.3, -0.25) is 4.79 Å². The molecule has 3 amide bonds. The standard InChI is InChI=1S/C25H19FN4O2/c1-3-16-12-14-17(15-13-16)27-25(32)29-23-24(31)30(2)21-11-7-5-9-19(21)22(28-23)18-8-4-6-10-20(18)26/h1,4-15,23H,2H3,(H2,27,29,32). The van der Waals surface area contributed by atoms with Crippen molar-refractivity contribution >= 4 is 29.0 Å². The van der Waals surface area contributed by atoms with E-state index in [9.17, 15) is 14.0 Å². The Hall–Kier alpha value is -4.44. The summed E-state index contributed by atoms with van der Waals surface area (Å²) in [7, 11) is 1.59. The van der Waals surface area contributed by atoms with Gasteiger partial charge in [0.1, 0.15) is 5.82 Å². The fourth-order valence-electron chi connectivity index (χ4n) is 3.43. The molecule has 0 radical (unpaired) electrons. The molecule has 0 spiro atoms. The molecule has 32 heavy (non-hydrogen) atoms. The summed E-state index contributed by atoms with van der Waals surface area (Å²) in [5.74, 6) is 1.56. The van der Waals surface area contributed by atoms with Crippen LogP contribution in [0.15, 0.2) is 77.8 Å². The number of aliphatic imine (C=N–C) groups is 1. The maximum absolute atomic E-state index is 14.6. The molecule has 1 atom stereocenters. The molecule has 4 rings (SSSR count). The highest BCUT2D eigenvalue weighted by molar-refractivity contribution is 6.20. The number of carbonyl (C=O) groups is 2. The van der Waals surface area contributed by atoms with Crippen molar-refractivity contribution in [3.05, 3.63) is 95.3 Å². The lowest BCUT2D eigenvalue weighted by molar-refractivity contribution is -0.119. The highest BCUT2D eigenvalue weighted by atomic mass is 19.1. The molecule has 0 fully saturated rings. The zero-order valence-corrected chi connectivity index (χ0v) is 17.2. The summed E-state index contributed by atoms with van der Waals surface area (Å²) in [4.78, 5) is 31.6. The van der Waals surface area contributed by atoms with Crippen molar-refractivity contribution < 1.29 is 14.0 Å². The largest absolute Gasteiger partial charge is 0.321 e. The van der Waals surface area contributed by atoms with Crippen LogP contribution in [0, 0.1) is 18.2 Å². The second kappa shape index (κ2) is 8.74. The van der Waals surface area contributed by atoms with Gasteiger partial charge in [-0.15, -0.1) is 6.42 Å². The number of hydrogen-bond donors (Lipinski definition) is 2. The topological polar surface area (TPSA) is 73.8 Å². The highest BCUT2D eigenvalue weighted by Gasteiger charge is 2.31. The van der Waals surface area contributed by atoms with Gasteiger partial charge in [-0.1, -0.05) is 36.3 Å². The monoisotopic (exact) mass is 426 g/mol. The van der Waals surface area contributed by atoms with E-state index in [0.717, 1.165) is 0 Å². The summed E-state index contributed by atoms with van der Waals surface area (Å²) in [6, 6.07) is 19.3. The molecule has 2 N–H and O–H groups in total. The molecule has 1 heterocycles. The van der Waals surface area contributed by atoms with E-state index in [1.54, 1.807) is 73.8 Å². The van der Waals surface area contributed by atoms with Gasteiger partial charge in [0.25, 0.3) is 5.91 Å². The summed E-state index contributed by atoms with van der Waals surface area (Å²) in [5.41, 5.74) is 2.84. The lowest BCUT2D eigenvalue weighted by atomic mass is 10.00. The maximum atomic E-state index is 14.6. The van der Waals surface area contributed by atoms with Gasteiger partial charge in [-0.25, -0.2) is 14.2 Å². The molecule has 3 aromatic carbocycles. The van der Waals surface area contributed by atoms with Gasteiger partial charge < -0.3 is 15.5 Å². The predicted molar refractivity (Wildman–Crippen MR) is 122 cm³/mol. The molecule has 1 aliphatic rings. The van der Waals surface area contributed by atoms with Crippen LogP contribution in [0.1, 0.15) is 16.7 Å². The number of likely N-dealkylation sites (N-methyl/N-ethyl adjacent to an activating group) is 1. The van der Waals surface area contributed by atoms with E-state index >= 15 is 0 Å². The average molecular weight is 426 g/mol. The van der Waals surface area contributed by atoms with E-state index in [2.05, 4.69) is 21.5 Å². The van der Waals surface area contributed by atoms with E-state index < -0.39 is 23.9 Å². The van der Waals surface area contributed by atoms with Crippen LogP contribution >= 0.6 is 0 Å². The number of rotatable bonds is 3. The zero-order chi connectivity index (χ0) is 22.7. The second-order valence-corrected chi connectivity index (χ2v) is 7.09. The summed E-state index contributed by atoms with van der Waals surface area (Å²) >= 11 is 0. The average Bonchev–Trinajstić information content (AvgIpc) is 2.91. The lowest BCUT2D eigenvalue weighted by Gasteiger charge is -2.21. The summed E-state index contributed by atoms with van der Waals surface area (Å²) < 4.78 is 14.6. The van der Waals surface area contributed by atoms with Gasteiger partial charge in [0.15, 0.2) is 0 Å². The molecule has 0 bridgehead atoms. The maximum Gasteiger partial charge on any atom is 0.321 e. The smallest absolute Gasteiger partial charge is 0.311 e. The summed E-state index contributed by atoms with van der Waals surface area (Å²) in [5, 5.41) is 5.23. The first kappa shape index (κ1) is 20.8. The predicted octanol–water partition coefficient (Wildman–Crippen LogP) is 3.77. The van der Waals surface area contributed by atoms with E-state index in [4.69, 9.17) is 6.42 Å². The Balaban J connectivity index is 1.69. The number of para-hydroxylation sites is 1. The molecule has 158 valence electrons. The molecule has 0 aliphatic carbocycles. The number of benzene rings is 3. The Kier molecular flexibility index (Phi) is 5.69. The van der Waals surface area contributed by atoms with Crippen LogP contribution in [0.25, 0.3) is 0 Å². The number of nitrogens with one attached hydrogen (secondary N) is 2. The van der Waals surface area contributed by atoms with Crippen molar-refractivity contribution in [2.24, 2.45) is 4.99 Å². The van der Waals surface area contributed by atoms with Crippen LogP contribution in [0.3, 0.4) is 0 Å². The number of terminal acetylenes is 1. The third-order valence-electron chi connectivity index (χ3n) is 5.05. The Morgan fingerprint density at radius 2 is 1.69 bits per heavy atom. The molecular formula is C25H19FN4O2. The van der Waals surface area contributed by atoms with Crippen LogP contribution in [0.4, 0.5) is 20.6 Å². The Morgan fingerprint density at radius 1 is 1.03 bits per heavy atom. The zero-order valence-electron chi connectivity index (χ0n) is 17.2. The van der Waals surface area contributed by atoms with Crippen molar-refractivity contribution in [3.63, 3.8) is 0 Å². The number of carbonyl (C=O) groups excluding carboxylic acids is 2. The van der Waals surface area contributed by atoms with Crippen LogP contribution in [-0.2, 0) is 4.79 Å². The Morgan fingerprint density at radius 3 is 2.38 bits per heavy atom.